The van der Waals surface area contributed by atoms with Crippen molar-refractivity contribution in [3.05, 3.63) is 35.4 Å². The molecule has 0 spiro atoms. The average Bonchev–Trinajstić information content (AvgIpc) is 2.43. The van der Waals surface area contributed by atoms with Crippen LogP contribution in [0, 0.1) is 0 Å². The molecule has 0 aliphatic rings. The van der Waals surface area contributed by atoms with Crippen LogP contribution in [0.5, 0.6) is 0 Å². The van der Waals surface area contributed by atoms with E-state index in [-0.39, 0.29) is 6.04 Å². The van der Waals surface area contributed by atoms with E-state index in [1.807, 2.05) is 19.1 Å². The second-order valence-corrected chi connectivity index (χ2v) is 5.84. The van der Waals surface area contributed by atoms with Gasteiger partial charge in [0.2, 0.25) is 0 Å². The summed E-state index contributed by atoms with van der Waals surface area (Å²) in [6, 6.07) is 8.43. The summed E-state index contributed by atoms with van der Waals surface area (Å²) >= 11 is 0. The van der Waals surface area contributed by atoms with E-state index in [2.05, 4.69) is 43.4 Å². The van der Waals surface area contributed by atoms with Crippen molar-refractivity contribution in [2.45, 2.75) is 45.3 Å². The van der Waals surface area contributed by atoms with Crippen molar-refractivity contribution >= 4 is 0 Å². The summed E-state index contributed by atoms with van der Waals surface area (Å²) < 4.78 is 0. The van der Waals surface area contributed by atoms with Crippen molar-refractivity contribution in [2.24, 2.45) is 0 Å². The first-order valence-corrected chi connectivity index (χ1v) is 7.69. The van der Waals surface area contributed by atoms with Gasteiger partial charge in [-0.1, -0.05) is 37.6 Å². The molecule has 1 aromatic carbocycles. The van der Waals surface area contributed by atoms with Gasteiger partial charge in [0.1, 0.15) is 0 Å². The fourth-order valence-electron chi connectivity index (χ4n) is 2.30. The summed E-state index contributed by atoms with van der Waals surface area (Å²) in [5.41, 5.74) is 2.34. The molecule has 2 N–H and O–H groups in total. The number of benzene rings is 1. The molecule has 3 heteroatoms. The van der Waals surface area contributed by atoms with E-state index in [0.717, 1.165) is 37.9 Å². The molecule has 3 nitrogen and oxygen atoms in total. The maximum atomic E-state index is 10.3. The highest BCUT2D eigenvalue weighted by atomic mass is 16.3. The topological polar surface area (TPSA) is 35.5 Å². The lowest BCUT2D eigenvalue weighted by Gasteiger charge is -2.21. The number of rotatable bonds is 9. The standard InChI is InChI=1S/C17H30N2O/c1-5-7-15-8-10-16(11-9-15)17(20)14(2)18-12-6-13-19(3)4/h8-11,14,17-18,20H,5-7,12-13H2,1-4H3. The van der Waals surface area contributed by atoms with Crippen molar-refractivity contribution in [1.29, 1.82) is 0 Å². The molecule has 0 amide bonds. The summed E-state index contributed by atoms with van der Waals surface area (Å²) in [5.74, 6) is 0. The molecular weight excluding hydrogens is 248 g/mol. The van der Waals surface area contributed by atoms with E-state index in [9.17, 15) is 5.11 Å². The number of aliphatic hydroxyl groups is 1. The molecule has 1 aromatic rings. The Kier molecular flexibility index (Phi) is 7.82. The van der Waals surface area contributed by atoms with Gasteiger partial charge < -0.3 is 15.3 Å². The Hall–Kier alpha value is -0.900. The highest BCUT2D eigenvalue weighted by molar-refractivity contribution is 5.25. The van der Waals surface area contributed by atoms with Gasteiger partial charge >= 0.3 is 0 Å². The molecule has 20 heavy (non-hydrogen) atoms. The highest BCUT2D eigenvalue weighted by Gasteiger charge is 2.15. The van der Waals surface area contributed by atoms with Crippen molar-refractivity contribution in [3.8, 4) is 0 Å². The molecule has 2 unspecified atom stereocenters. The van der Waals surface area contributed by atoms with Crippen molar-refractivity contribution < 1.29 is 5.11 Å². The monoisotopic (exact) mass is 278 g/mol. The van der Waals surface area contributed by atoms with Crippen LogP contribution in [0.3, 0.4) is 0 Å². The fraction of sp³-hybridized carbons (Fsp3) is 0.647. The molecule has 0 radical (unpaired) electrons. The molecule has 0 bridgehead atoms. The van der Waals surface area contributed by atoms with E-state index in [4.69, 9.17) is 0 Å². The van der Waals surface area contributed by atoms with Gasteiger partial charge in [-0.05, 0) is 58.1 Å². The Balaban J connectivity index is 2.41. The smallest absolute Gasteiger partial charge is 0.0940 e. The molecule has 0 heterocycles. The summed E-state index contributed by atoms with van der Waals surface area (Å²) in [6.45, 7) is 6.23. The molecule has 114 valence electrons. The van der Waals surface area contributed by atoms with E-state index in [0.29, 0.717) is 0 Å². The van der Waals surface area contributed by atoms with Crippen LogP contribution < -0.4 is 5.32 Å². The van der Waals surface area contributed by atoms with Gasteiger partial charge in [0, 0.05) is 6.04 Å². The Labute approximate surface area is 124 Å². The van der Waals surface area contributed by atoms with E-state index in [1.165, 1.54) is 5.56 Å². The van der Waals surface area contributed by atoms with Gasteiger partial charge in [0.15, 0.2) is 0 Å². The first-order chi connectivity index (χ1) is 9.54. The van der Waals surface area contributed by atoms with Crippen LogP contribution in [0.4, 0.5) is 0 Å². The van der Waals surface area contributed by atoms with Gasteiger partial charge in [-0.25, -0.2) is 0 Å². The van der Waals surface area contributed by atoms with Crippen molar-refractivity contribution in [1.82, 2.24) is 10.2 Å². The third-order valence-corrected chi connectivity index (χ3v) is 3.58. The minimum Gasteiger partial charge on any atom is -0.387 e. The Morgan fingerprint density at radius 2 is 1.85 bits per heavy atom. The normalized spacial score (nSPS) is 14.5. The lowest BCUT2D eigenvalue weighted by atomic mass is 10.0. The van der Waals surface area contributed by atoms with Crippen LogP contribution >= 0.6 is 0 Å². The molecular formula is C17H30N2O. The molecule has 2 atom stereocenters. The predicted molar refractivity (Wildman–Crippen MR) is 86.0 cm³/mol. The molecule has 1 rings (SSSR count). The third-order valence-electron chi connectivity index (χ3n) is 3.58. The van der Waals surface area contributed by atoms with Gasteiger partial charge in [-0.15, -0.1) is 0 Å². The Morgan fingerprint density at radius 1 is 1.20 bits per heavy atom. The predicted octanol–water partition coefficient (Wildman–Crippen LogP) is 2.60. The number of aryl methyl sites for hydroxylation is 1. The zero-order chi connectivity index (χ0) is 15.0. The second kappa shape index (κ2) is 9.11. The lowest BCUT2D eigenvalue weighted by molar-refractivity contribution is 0.135. The summed E-state index contributed by atoms with van der Waals surface area (Å²) in [7, 11) is 4.16. The molecule has 0 saturated carbocycles. The van der Waals surface area contributed by atoms with Gasteiger partial charge in [-0.3, -0.25) is 0 Å². The summed E-state index contributed by atoms with van der Waals surface area (Å²) in [4.78, 5) is 2.18. The minimum atomic E-state index is -0.440. The van der Waals surface area contributed by atoms with Crippen LogP contribution in [0.2, 0.25) is 0 Å². The number of nitrogens with one attached hydrogen (secondary N) is 1. The van der Waals surface area contributed by atoms with Gasteiger partial charge in [0.25, 0.3) is 0 Å². The van der Waals surface area contributed by atoms with Crippen molar-refractivity contribution in [2.75, 3.05) is 27.2 Å². The van der Waals surface area contributed by atoms with Crippen molar-refractivity contribution in [3.63, 3.8) is 0 Å². The average molecular weight is 278 g/mol. The number of aliphatic hydroxyl groups excluding tert-OH is 1. The van der Waals surface area contributed by atoms with E-state index in [1.54, 1.807) is 0 Å². The zero-order valence-electron chi connectivity index (χ0n) is 13.4. The van der Waals surface area contributed by atoms with Gasteiger partial charge in [0.05, 0.1) is 6.10 Å². The van der Waals surface area contributed by atoms with E-state index >= 15 is 0 Å². The largest absolute Gasteiger partial charge is 0.387 e. The molecule has 0 fully saturated rings. The van der Waals surface area contributed by atoms with Crippen LogP contribution in [0.15, 0.2) is 24.3 Å². The molecule has 0 aliphatic carbocycles. The first kappa shape index (κ1) is 17.2. The SMILES string of the molecule is CCCc1ccc(C(O)C(C)NCCCN(C)C)cc1. The fourth-order valence-corrected chi connectivity index (χ4v) is 2.30. The Morgan fingerprint density at radius 3 is 2.40 bits per heavy atom. The zero-order valence-corrected chi connectivity index (χ0v) is 13.4. The maximum absolute atomic E-state index is 10.3. The Bertz CT molecular complexity index is 362. The van der Waals surface area contributed by atoms with E-state index < -0.39 is 6.10 Å². The van der Waals surface area contributed by atoms with Crippen LogP contribution in [0.1, 0.15) is 43.9 Å². The van der Waals surface area contributed by atoms with Gasteiger partial charge in [-0.2, -0.15) is 0 Å². The lowest BCUT2D eigenvalue weighted by Crippen LogP contribution is -2.34. The maximum Gasteiger partial charge on any atom is 0.0940 e. The number of hydrogen-bond donors (Lipinski definition) is 2. The molecule has 0 saturated heterocycles. The molecule has 0 aliphatic heterocycles. The number of nitrogens with zero attached hydrogens (tertiary/aromatic N) is 1. The van der Waals surface area contributed by atoms with Crippen LogP contribution in [-0.4, -0.2) is 43.2 Å². The highest BCUT2D eigenvalue weighted by Crippen LogP contribution is 2.18. The molecule has 0 aromatic heterocycles. The minimum absolute atomic E-state index is 0.0780. The first-order valence-electron chi connectivity index (χ1n) is 7.69. The van der Waals surface area contributed by atoms with Crippen LogP contribution in [0.25, 0.3) is 0 Å². The van der Waals surface area contributed by atoms with Crippen LogP contribution in [-0.2, 0) is 6.42 Å². The second-order valence-electron chi connectivity index (χ2n) is 5.84. The number of hydrogen-bond acceptors (Lipinski definition) is 3. The third kappa shape index (κ3) is 6.04. The quantitative estimate of drug-likeness (QED) is 0.682. The summed E-state index contributed by atoms with van der Waals surface area (Å²) in [6.07, 6.45) is 2.92. The summed E-state index contributed by atoms with van der Waals surface area (Å²) in [5, 5.41) is 13.7.